The Bertz CT molecular complexity index is 888. The molecule has 0 bridgehead atoms. The number of furan rings is 1. The van der Waals surface area contributed by atoms with Gasteiger partial charge in [0, 0.05) is 5.56 Å². The topological polar surface area (TPSA) is 60.7 Å². The zero-order valence-electron chi connectivity index (χ0n) is 15.1. The molecule has 0 saturated heterocycles. The largest absolute Gasteiger partial charge is 0.493 e. The Balaban J connectivity index is 1.85. The maximum Gasteiger partial charge on any atom is 0.252 e. The summed E-state index contributed by atoms with van der Waals surface area (Å²) >= 11 is 0. The fourth-order valence-electron chi connectivity index (χ4n) is 2.71. The highest BCUT2D eigenvalue weighted by Gasteiger charge is 2.21. The van der Waals surface area contributed by atoms with Crippen LogP contribution >= 0.6 is 0 Å². The van der Waals surface area contributed by atoms with E-state index in [0.29, 0.717) is 29.4 Å². The molecule has 2 aromatic carbocycles. The van der Waals surface area contributed by atoms with Gasteiger partial charge >= 0.3 is 0 Å². The predicted octanol–water partition coefficient (Wildman–Crippen LogP) is 4.37. The molecule has 3 aromatic rings. The van der Waals surface area contributed by atoms with Crippen molar-refractivity contribution in [2.24, 2.45) is 0 Å². The second-order valence-electron chi connectivity index (χ2n) is 5.80. The first-order valence-electron chi connectivity index (χ1n) is 8.54. The van der Waals surface area contributed by atoms with E-state index in [4.69, 9.17) is 13.9 Å². The molecule has 0 spiro atoms. The van der Waals surface area contributed by atoms with Gasteiger partial charge in [-0.3, -0.25) is 4.79 Å². The number of methoxy groups -OCH3 is 1. The fourth-order valence-corrected chi connectivity index (χ4v) is 2.71. The van der Waals surface area contributed by atoms with E-state index in [1.807, 2.05) is 36.4 Å². The van der Waals surface area contributed by atoms with E-state index in [-0.39, 0.29) is 5.91 Å². The number of carbonyl (C=O) groups is 1. The second-order valence-corrected chi connectivity index (χ2v) is 5.80. The summed E-state index contributed by atoms with van der Waals surface area (Å²) < 4.78 is 16.4. The summed E-state index contributed by atoms with van der Waals surface area (Å²) in [5.41, 5.74) is 1.39. The molecule has 27 heavy (non-hydrogen) atoms. The molecular weight excluding hydrogens is 342 g/mol. The lowest BCUT2D eigenvalue weighted by Crippen LogP contribution is -2.29. The average molecular weight is 363 g/mol. The van der Waals surface area contributed by atoms with Crippen molar-refractivity contribution in [3.8, 4) is 11.5 Å². The summed E-state index contributed by atoms with van der Waals surface area (Å²) in [4.78, 5) is 12.9. The van der Waals surface area contributed by atoms with Gasteiger partial charge < -0.3 is 19.2 Å². The Kier molecular flexibility index (Phi) is 5.94. The highest BCUT2D eigenvalue weighted by Crippen LogP contribution is 2.29. The number of benzene rings is 2. The molecule has 138 valence electrons. The van der Waals surface area contributed by atoms with Crippen molar-refractivity contribution >= 4 is 5.91 Å². The maximum absolute atomic E-state index is 12.9. The molecule has 5 heteroatoms. The molecule has 0 aliphatic carbocycles. The summed E-state index contributed by atoms with van der Waals surface area (Å²) in [5.74, 6) is 1.46. The van der Waals surface area contributed by atoms with Crippen LogP contribution in [-0.2, 0) is 0 Å². The van der Waals surface area contributed by atoms with Gasteiger partial charge in [-0.15, -0.1) is 0 Å². The van der Waals surface area contributed by atoms with Gasteiger partial charge in [0.1, 0.15) is 18.4 Å². The predicted molar refractivity (Wildman–Crippen MR) is 103 cm³/mol. The third-order valence-corrected chi connectivity index (χ3v) is 4.02. The number of hydrogen-bond donors (Lipinski definition) is 1. The highest BCUT2D eigenvalue weighted by molar-refractivity contribution is 5.95. The van der Waals surface area contributed by atoms with E-state index in [1.165, 1.54) is 7.11 Å². The Morgan fingerprint density at radius 1 is 1.15 bits per heavy atom. The first-order valence-corrected chi connectivity index (χ1v) is 8.54. The summed E-state index contributed by atoms with van der Waals surface area (Å²) in [5, 5.41) is 3.02. The molecule has 0 radical (unpaired) electrons. The zero-order valence-corrected chi connectivity index (χ0v) is 15.1. The van der Waals surface area contributed by atoms with Crippen molar-refractivity contribution in [1.29, 1.82) is 0 Å². The van der Waals surface area contributed by atoms with Crippen molar-refractivity contribution in [2.75, 3.05) is 13.7 Å². The second kappa shape index (κ2) is 8.76. The number of amides is 1. The normalized spacial score (nSPS) is 11.4. The lowest BCUT2D eigenvalue weighted by Gasteiger charge is -2.18. The Morgan fingerprint density at radius 2 is 1.96 bits per heavy atom. The third-order valence-electron chi connectivity index (χ3n) is 4.02. The molecule has 1 unspecified atom stereocenters. The molecule has 0 aliphatic rings. The Labute approximate surface area is 158 Å². The quantitative estimate of drug-likeness (QED) is 0.604. The van der Waals surface area contributed by atoms with Crippen molar-refractivity contribution in [1.82, 2.24) is 5.32 Å². The molecule has 0 aliphatic heterocycles. The SMILES string of the molecule is C=CCOc1ccc(C(=O)NC(c2ccccc2)c2ccco2)cc1OC. The summed E-state index contributed by atoms with van der Waals surface area (Å²) in [6, 6.07) is 18.0. The number of carbonyl (C=O) groups excluding carboxylic acids is 1. The van der Waals surface area contributed by atoms with Crippen LogP contribution < -0.4 is 14.8 Å². The Hall–Kier alpha value is -3.47. The van der Waals surface area contributed by atoms with Crippen molar-refractivity contribution < 1.29 is 18.7 Å². The molecule has 1 heterocycles. The summed E-state index contributed by atoms with van der Waals surface area (Å²) in [6.45, 7) is 3.98. The van der Waals surface area contributed by atoms with Gasteiger partial charge in [-0.1, -0.05) is 43.0 Å². The van der Waals surface area contributed by atoms with Crippen molar-refractivity contribution in [2.45, 2.75) is 6.04 Å². The highest BCUT2D eigenvalue weighted by atomic mass is 16.5. The van der Waals surface area contributed by atoms with Crippen LogP contribution in [0.5, 0.6) is 11.5 Å². The van der Waals surface area contributed by atoms with Crippen LogP contribution in [0.1, 0.15) is 27.7 Å². The summed E-state index contributed by atoms with van der Waals surface area (Å²) in [7, 11) is 1.54. The van der Waals surface area contributed by atoms with E-state index in [9.17, 15) is 4.79 Å². The average Bonchev–Trinajstić information content (AvgIpc) is 3.25. The van der Waals surface area contributed by atoms with Gasteiger partial charge in [-0.05, 0) is 35.9 Å². The first-order chi connectivity index (χ1) is 13.2. The van der Waals surface area contributed by atoms with E-state index in [1.54, 1.807) is 36.6 Å². The van der Waals surface area contributed by atoms with Gasteiger partial charge in [0.05, 0.1) is 13.4 Å². The molecular formula is C22H21NO4. The van der Waals surface area contributed by atoms with Crippen LogP contribution in [0.4, 0.5) is 0 Å². The Morgan fingerprint density at radius 3 is 2.63 bits per heavy atom. The number of hydrogen-bond acceptors (Lipinski definition) is 4. The van der Waals surface area contributed by atoms with Gasteiger partial charge in [-0.25, -0.2) is 0 Å². The molecule has 5 nitrogen and oxygen atoms in total. The maximum atomic E-state index is 12.9. The third kappa shape index (κ3) is 4.39. The standard InChI is InChI=1S/C22H21NO4/c1-3-13-26-18-12-11-17(15-20(18)25-2)22(24)23-21(19-10-7-14-27-19)16-8-5-4-6-9-16/h3-12,14-15,21H,1,13H2,2H3,(H,23,24). The first kappa shape index (κ1) is 18.3. The minimum absolute atomic E-state index is 0.242. The minimum atomic E-state index is -0.392. The molecule has 1 atom stereocenters. The molecule has 3 rings (SSSR count). The number of nitrogens with one attached hydrogen (secondary N) is 1. The monoisotopic (exact) mass is 363 g/mol. The van der Waals surface area contributed by atoms with Crippen molar-refractivity contribution in [3.63, 3.8) is 0 Å². The fraction of sp³-hybridized carbons (Fsp3) is 0.136. The van der Waals surface area contributed by atoms with Gasteiger partial charge in [0.2, 0.25) is 0 Å². The molecule has 0 fully saturated rings. The lowest BCUT2D eigenvalue weighted by molar-refractivity contribution is 0.0938. The summed E-state index contributed by atoms with van der Waals surface area (Å²) in [6.07, 6.45) is 3.24. The smallest absolute Gasteiger partial charge is 0.252 e. The lowest BCUT2D eigenvalue weighted by atomic mass is 10.0. The van der Waals surface area contributed by atoms with Gasteiger partial charge in [-0.2, -0.15) is 0 Å². The van der Waals surface area contributed by atoms with Crippen LogP contribution in [0, 0.1) is 0 Å². The number of rotatable bonds is 8. The van der Waals surface area contributed by atoms with Gasteiger partial charge in [0.25, 0.3) is 5.91 Å². The van der Waals surface area contributed by atoms with E-state index < -0.39 is 6.04 Å². The van der Waals surface area contributed by atoms with E-state index in [2.05, 4.69) is 11.9 Å². The molecule has 1 N–H and O–H groups in total. The minimum Gasteiger partial charge on any atom is -0.493 e. The molecule has 1 amide bonds. The number of ether oxygens (including phenoxy) is 2. The zero-order chi connectivity index (χ0) is 19.1. The van der Waals surface area contributed by atoms with Crippen LogP contribution in [-0.4, -0.2) is 19.6 Å². The van der Waals surface area contributed by atoms with Crippen LogP contribution in [0.25, 0.3) is 0 Å². The van der Waals surface area contributed by atoms with Crippen LogP contribution in [0.2, 0.25) is 0 Å². The molecule has 1 aromatic heterocycles. The van der Waals surface area contributed by atoms with Crippen LogP contribution in [0.15, 0.2) is 84.0 Å². The van der Waals surface area contributed by atoms with Crippen LogP contribution in [0.3, 0.4) is 0 Å². The van der Waals surface area contributed by atoms with Crippen molar-refractivity contribution in [3.05, 3.63) is 96.5 Å². The van der Waals surface area contributed by atoms with Gasteiger partial charge in [0.15, 0.2) is 11.5 Å². The molecule has 0 saturated carbocycles. The van der Waals surface area contributed by atoms with E-state index in [0.717, 1.165) is 5.56 Å². The van der Waals surface area contributed by atoms with E-state index >= 15 is 0 Å².